The number of nitrogens with zero attached hydrogens (tertiary/aromatic N) is 1. The van der Waals surface area contributed by atoms with Gasteiger partial charge in [0.2, 0.25) is 0 Å². The third kappa shape index (κ3) is 4.97. The number of para-hydroxylation sites is 1. The predicted octanol–water partition coefficient (Wildman–Crippen LogP) is 3.40. The molecule has 3 N–H and O–H groups in total. The van der Waals surface area contributed by atoms with Crippen LogP contribution in [0.4, 0.5) is 5.69 Å². The highest BCUT2D eigenvalue weighted by atomic mass is 16.5. The van der Waals surface area contributed by atoms with Gasteiger partial charge in [-0.1, -0.05) is 24.3 Å². The first-order chi connectivity index (χ1) is 12.7. The van der Waals surface area contributed by atoms with Gasteiger partial charge in [-0.2, -0.15) is 0 Å². The third-order valence-corrected chi connectivity index (χ3v) is 4.46. The third-order valence-electron chi connectivity index (χ3n) is 4.46. The van der Waals surface area contributed by atoms with E-state index in [1.54, 1.807) is 7.11 Å². The van der Waals surface area contributed by atoms with Crippen LogP contribution < -0.4 is 15.8 Å². The van der Waals surface area contributed by atoms with Crippen molar-refractivity contribution >= 4 is 11.6 Å². The Morgan fingerprint density at radius 2 is 1.85 bits per heavy atom. The van der Waals surface area contributed by atoms with Crippen LogP contribution in [0.15, 0.2) is 59.6 Å². The summed E-state index contributed by atoms with van der Waals surface area (Å²) >= 11 is 0. The molecule has 0 atom stereocenters. The molecule has 138 valence electrons. The molecule has 0 amide bonds. The molecule has 2 aromatic rings. The lowest BCUT2D eigenvalue weighted by molar-refractivity contribution is -0.0828. The first kappa shape index (κ1) is 18.2. The minimum atomic E-state index is -0.289. The zero-order valence-electron chi connectivity index (χ0n) is 15.0. The van der Waals surface area contributed by atoms with E-state index in [9.17, 15) is 0 Å². The first-order valence-electron chi connectivity index (χ1n) is 8.72. The number of hydrogen-bond donors (Lipinski definition) is 2. The quantitative estimate of drug-likeness (QED) is 0.613. The Labute approximate surface area is 154 Å². The highest BCUT2D eigenvalue weighted by Gasteiger charge is 2.32. The Kier molecular flexibility index (Phi) is 6.09. The summed E-state index contributed by atoms with van der Waals surface area (Å²) in [6, 6.07) is 17.2. The maximum atomic E-state index is 6.05. The standard InChI is InChI=1S/C20H25N3O3/c1-24-20(10-12-25-13-11-20)15-22-19(21)23-16-6-5-9-18(14-16)26-17-7-3-2-4-8-17/h2-9,14H,10-13,15H2,1H3,(H3,21,22,23). The molecule has 0 radical (unpaired) electrons. The van der Waals surface area contributed by atoms with Gasteiger partial charge in [0, 0.05) is 44.9 Å². The Morgan fingerprint density at radius 1 is 1.12 bits per heavy atom. The number of methoxy groups -OCH3 is 1. The SMILES string of the molecule is COC1(CN=C(N)Nc2cccc(Oc3ccccc3)c2)CCOCC1. The van der Waals surface area contributed by atoms with Gasteiger partial charge in [-0.15, -0.1) is 0 Å². The molecule has 26 heavy (non-hydrogen) atoms. The number of guanidine groups is 1. The van der Waals surface area contributed by atoms with Crippen molar-refractivity contribution in [2.24, 2.45) is 10.7 Å². The summed E-state index contributed by atoms with van der Waals surface area (Å²) in [5.74, 6) is 1.87. The van der Waals surface area contributed by atoms with Crippen molar-refractivity contribution in [3.8, 4) is 11.5 Å². The maximum absolute atomic E-state index is 6.05. The Bertz CT molecular complexity index is 728. The number of nitrogens with two attached hydrogens (primary N) is 1. The van der Waals surface area contributed by atoms with Gasteiger partial charge in [0.1, 0.15) is 11.5 Å². The zero-order valence-corrected chi connectivity index (χ0v) is 15.0. The summed E-state index contributed by atoms with van der Waals surface area (Å²) in [6.07, 6.45) is 1.64. The van der Waals surface area contributed by atoms with Gasteiger partial charge in [0.05, 0.1) is 12.1 Å². The maximum Gasteiger partial charge on any atom is 0.193 e. The van der Waals surface area contributed by atoms with E-state index in [-0.39, 0.29) is 5.60 Å². The Hall–Kier alpha value is -2.57. The van der Waals surface area contributed by atoms with Gasteiger partial charge in [0.15, 0.2) is 5.96 Å². The van der Waals surface area contributed by atoms with Crippen LogP contribution in [0.3, 0.4) is 0 Å². The van der Waals surface area contributed by atoms with Crippen molar-refractivity contribution in [3.63, 3.8) is 0 Å². The van der Waals surface area contributed by atoms with E-state index in [4.69, 9.17) is 19.9 Å². The number of aliphatic imine (C=N–C) groups is 1. The summed E-state index contributed by atoms with van der Waals surface area (Å²) in [5, 5.41) is 3.11. The number of nitrogens with one attached hydrogen (secondary N) is 1. The molecule has 6 heteroatoms. The van der Waals surface area contributed by atoms with Crippen LogP contribution in [0.1, 0.15) is 12.8 Å². The van der Waals surface area contributed by atoms with Gasteiger partial charge in [0.25, 0.3) is 0 Å². The number of rotatable bonds is 6. The van der Waals surface area contributed by atoms with Gasteiger partial charge in [-0.3, -0.25) is 4.99 Å². The van der Waals surface area contributed by atoms with E-state index in [1.807, 2.05) is 54.6 Å². The number of anilines is 1. The molecule has 0 bridgehead atoms. The van der Waals surface area contributed by atoms with E-state index in [0.29, 0.717) is 25.7 Å². The Morgan fingerprint density at radius 3 is 2.58 bits per heavy atom. The minimum absolute atomic E-state index is 0.289. The van der Waals surface area contributed by atoms with Crippen molar-refractivity contribution in [2.45, 2.75) is 18.4 Å². The monoisotopic (exact) mass is 355 g/mol. The summed E-state index contributed by atoms with van der Waals surface area (Å²) in [4.78, 5) is 4.46. The molecule has 1 fully saturated rings. The number of ether oxygens (including phenoxy) is 3. The number of hydrogen-bond acceptors (Lipinski definition) is 4. The molecule has 0 aliphatic carbocycles. The molecule has 1 aliphatic heterocycles. The fourth-order valence-electron chi connectivity index (χ4n) is 2.85. The highest BCUT2D eigenvalue weighted by Crippen LogP contribution is 2.25. The van der Waals surface area contributed by atoms with Crippen LogP contribution in [0.2, 0.25) is 0 Å². The van der Waals surface area contributed by atoms with Crippen LogP contribution >= 0.6 is 0 Å². The second-order valence-electron chi connectivity index (χ2n) is 6.27. The molecular formula is C20H25N3O3. The van der Waals surface area contributed by atoms with Crippen LogP contribution in [0, 0.1) is 0 Å². The number of benzene rings is 2. The lowest BCUT2D eigenvalue weighted by Gasteiger charge is -2.34. The molecule has 1 heterocycles. The van der Waals surface area contributed by atoms with Crippen LogP contribution in [0.5, 0.6) is 11.5 Å². The molecule has 0 saturated carbocycles. The molecule has 3 rings (SSSR count). The molecule has 1 aliphatic rings. The summed E-state index contributed by atoms with van der Waals surface area (Å²) in [7, 11) is 1.72. The van der Waals surface area contributed by atoms with Crippen molar-refractivity contribution in [3.05, 3.63) is 54.6 Å². The van der Waals surface area contributed by atoms with Crippen molar-refractivity contribution < 1.29 is 14.2 Å². The second kappa shape index (κ2) is 8.69. The van der Waals surface area contributed by atoms with E-state index in [2.05, 4.69) is 10.3 Å². The second-order valence-corrected chi connectivity index (χ2v) is 6.27. The van der Waals surface area contributed by atoms with E-state index in [1.165, 1.54) is 0 Å². The van der Waals surface area contributed by atoms with E-state index < -0.39 is 0 Å². The molecule has 6 nitrogen and oxygen atoms in total. The van der Waals surface area contributed by atoms with Crippen LogP contribution in [-0.2, 0) is 9.47 Å². The zero-order chi connectivity index (χ0) is 18.2. The molecule has 0 unspecified atom stereocenters. The largest absolute Gasteiger partial charge is 0.457 e. The normalized spacial score (nSPS) is 16.9. The first-order valence-corrected chi connectivity index (χ1v) is 8.72. The molecule has 2 aromatic carbocycles. The average Bonchev–Trinajstić information content (AvgIpc) is 2.68. The van der Waals surface area contributed by atoms with Crippen LogP contribution in [0.25, 0.3) is 0 Å². The minimum Gasteiger partial charge on any atom is -0.457 e. The Balaban J connectivity index is 1.61. The van der Waals surface area contributed by atoms with E-state index >= 15 is 0 Å². The molecule has 0 aromatic heterocycles. The molecule has 1 saturated heterocycles. The lowest BCUT2D eigenvalue weighted by Crippen LogP contribution is -2.42. The van der Waals surface area contributed by atoms with Gasteiger partial charge in [-0.25, -0.2) is 0 Å². The van der Waals surface area contributed by atoms with Crippen molar-refractivity contribution in [1.29, 1.82) is 0 Å². The summed E-state index contributed by atoms with van der Waals surface area (Å²) < 4.78 is 16.9. The molecular weight excluding hydrogens is 330 g/mol. The van der Waals surface area contributed by atoms with Gasteiger partial charge < -0.3 is 25.3 Å². The predicted molar refractivity (Wildman–Crippen MR) is 103 cm³/mol. The summed E-state index contributed by atoms with van der Waals surface area (Å²) in [5.41, 5.74) is 6.58. The average molecular weight is 355 g/mol. The highest BCUT2D eigenvalue weighted by molar-refractivity contribution is 5.92. The van der Waals surface area contributed by atoms with E-state index in [0.717, 1.165) is 30.0 Å². The fourth-order valence-corrected chi connectivity index (χ4v) is 2.85. The topological polar surface area (TPSA) is 78.1 Å². The van der Waals surface area contributed by atoms with Gasteiger partial charge in [-0.05, 0) is 24.3 Å². The van der Waals surface area contributed by atoms with Crippen LogP contribution in [-0.4, -0.2) is 38.4 Å². The molecule has 0 spiro atoms. The lowest BCUT2D eigenvalue weighted by atomic mass is 9.94. The summed E-state index contributed by atoms with van der Waals surface area (Å²) in [6.45, 7) is 1.89. The van der Waals surface area contributed by atoms with Gasteiger partial charge >= 0.3 is 0 Å². The van der Waals surface area contributed by atoms with Crippen molar-refractivity contribution in [2.75, 3.05) is 32.2 Å². The van der Waals surface area contributed by atoms with Crippen molar-refractivity contribution in [1.82, 2.24) is 0 Å². The smallest absolute Gasteiger partial charge is 0.193 e. The fraction of sp³-hybridized carbons (Fsp3) is 0.350.